The minimum atomic E-state index is -1.80. The second-order valence-corrected chi connectivity index (χ2v) is 22.7. The summed E-state index contributed by atoms with van der Waals surface area (Å²) in [6.07, 6.45) is 1.30. The van der Waals surface area contributed by atoms with E-state index in [0.717, 1.165) is 0 Å². The van der Waals surface area contributed by atoms with Gasteiger partial charge in [0.05, 0.1) is 0 Å². The molecule has 0 spiro atoms. The fourth-order valence-corrected chi connectivity index (χ4v) is 7.03. The first-order valence-corrected chi connectivity index (χ1v) is 18.6. The summed E-state index contributed by atoms with van der Waals surface area (Å²) in [6, 6.07) is 5.86. The van der Waals surface area contributed by atoms with E-state index in [2.05, 4.69) is 61.2 Å². The van der Waals surface area contributed by atoms with Crippen LogP contribution in [0.4, 0.5) is 0 Å². The van der Waals surface area contributed by atoms with Gasteiger partial charge in [0.2, 0.25) is 0 Å². The van der Waals surface area contributed by atoms with Crippen molar-refractivity contribution in [3.8, 4) is 0 Å². The van der Waals surface area contributed by atoms with Crippen LogP contribution in [0.2, 0.25) is 36.4 Å². The molecule has 0 amide bonds. The molecule has 1 heterocycles. The third-order valence-electron chi connectivity index (χ3n) is 4.18. The molecule has 20 heavy (non-hydrogen) atoms. The number of hydrogen-bond donors (Lipinski definition) is 0. The fourth-order valence-electron chi connectivity index (χ4n) is 2.51. The number of rotatable bonds is 8. The molecule has 0 aliphatic heterocycles. The van der Waals surface area contributed by atoms with Gasteiger partial charge in [0.15, 0.2) is 0 Å². The zero-order valence-corrected chi connectivity index (χ0v) is 17.6. The van der Waals surface area contributed by atoms with Crippen LogP contribution in [0.15, 0.2) is 16.5 Å². The molecular formula is C16H33GeNOSi. The van der Waals surface area contributed by atoms with Gasteiger partial charge in [0, 0.05) is 0 Å². The average molecular weight is 356 g/mol. The summed E-state index contributed by atoms with van der Waals surface area (Å²) < 4.78 is 7.56. The molecule has 0 bridgehead atoms. The number of hydrogen-bond acceptors (Lipinski definition) is 2. The van der Waals surface area contributed by atoms with E-state index in [9.17, 15) is 0 Å². The van der Waals surface area contributed by atoms with E-state index in [1.165, 1.54) is 42.1 Å². The Bertz CT molecular complexity index is 405. The SMILES string of the molecule is CCN(CC)CCC[Si](C)(C)c1cc[c]([Ge]([CH3])([CH3])[CH3])o1. The van der Waals surface area contributed by atoms with Crippen LogP contribution in [0.1, 0.15) is 20.3 Å². The van der Waals surface area contributed by atoms with Crippen LogP contribution in [-0.4, -0.2) is 45.9 Å². The quantitative estimate of drug-likeness (QED) is 0.664. The summed E-state index contributed by atoms with van der Waals surface area (Å²) in [4.78, 5) is 2.52. The van der Waals surface area contributed by atoms with E-state index >= 15 is 0 Å². The summed E-state index contributed by atoms with van der Waals surface area (Å²) in [5.74, 6) is 7.20. The van der Waals surface area contributed by atoms with Gasteiger partial charge < -0.3 is 0 Å². The van der Waals surface area contributed by atoms with Crippen LogP contribution < -0.4 is 9.98 Å². The third-order valence-corrected chi connectivity index (χ3v) is 11.1. The number of nitrogens with zero attached hydrogens (tertiary/aromatic N) is 1. The maximum atomic E-state index is 6.25. The molecular weight excluding hydrogens is 323 g/mol. The summed E-state index contributed by atoms with van der Waals surface area (Å²) in [7, 11) is -1.39. The van der Waals surface area contributed by atoms with Crippen molar-refractivity contribution >= 4 is 31.3 Å². The molecule has 0 aliphatic rings. The predicted octanol–water partition coefficient (Wildman–Crippen LogP) is 3.47. The Morgan fingerprint density at radius 2 is 1.70 bits per heavy atom. The van der Waals surface area contributed by atoms with Crippen LogP contribution in [-0.2, 0) is 0 Å². The molecule has 0 radical (unpaired) electrons. The van der Waals surface area contributed by atoms with Crippen molar-refractivity contribution in [3.05, 3.63) is 12.1 Å². The Labute approximate surface area is 129 Å². The third kappa shape index (κ3) is 5.08. The van der Waals surface area contributed by atoms with Gasteiger partial charge in [0.1, 0.15) is 0 Å². The Morgan fingerprint density at radius 1 is 1.10 bits per heavy atom. The van der Waals surface area contributed by atoms with Crippen LogP contribution in [0.25, 0.3) is 0 Å². The van der Waals surface area contributed by atoms with E-state index in [1.54, 1.807) is 0 Å². The summed E-state index contributed by atoms with van der Waals surface area (Å²) in [5, 5.41) is 1.31. The molecule has 0 aliphatic carbocycles. The van der Waals surface area contributed by atoms with Crippen molar-refractivity contribution in [2.75, 3.05) is 19.6 Å². The van der Waals surface area contributed by atoms with E-state index in [4.69, 9.17) is 4.42 Å². The molecule has 0 unspecified atom stereocenters. The molecule has 1 rings (SSSR count). The molecule has 0 N–H and O–H groups in total. The molecule has 0 saturated carbocycles. The van der Waals surface area contributed by atoms with Crippen molar-refractivity contribution in [1.29, 1.82) is 0 Å². The Morgan fingerprint density at radius 3 is 2.15 bits per heavy atom. The molecule has 1 aromatic rings. The topological polar surface area (TPSA) is 16.4 Å². The predicted molar refractivity (Wildman–Crippen MR) is 96.0 cm³/mol. The first kappa shape index (κ1) is 18.0. The average Bonchev–Trinajstić information content (AvgIpc) is 2.84. The summed E-state index contributed by atoms with van der Waals surface area (Å²) in [5.41, 5.74) is 0. The first-order chi connectivity index (χ1) is 9.20. The van der Waals surface area contributed by atoms with Crippen molar-refractivity contribution < 1.29 is 4.42 Å². The summed E-state index contributed by atoms with van der Waals surface area (Å²) in [6.45, 7) is 13.0. The zero-order chi connectivity index (χ0) is 15.4. The van der Waals surface area contributed by atoms with Gasteiger partial charge in [-0.3, -0.25) is 0 Å². The fraction of sp³-hybridized carbons (Fsp3) is 0.750. The first-order valence-electron chi connectivity index (χ1n) is 8.04. The van der Waals surface area contributed by atoms with Gasteiger partial charge >= 0.3 is 129 Å². The second kappa shape index (κ2) is 7.32. The molecule has 0 atom stereocenters. The van der Waals surface area contributed by atoms with Gasteiger partial charge in [-0.2, -0.15) is 0 Å². The second-order valence-electron chi connectivity index (χ2n) is 7.43. The van der Waals surface area contributed by atoms with Crippen LogP contribution in [0, 0.1) is 0 Å². The van der Waals surface area contributed by atoms with Crippen LogP contribution in [0.3, 0.4) is 0 Å². The maximum absolute atomic E-state index is 6.25. The van der Waals surface area contributed by atoms with Gasteiger partial charge in [-0.1, -0.05) is 0 Å². The van der Waals surface area contributed by atoms with Crippen molar-refractivity contribution in [1.82, 2.24) is 4.90 Å². The normalized spacial score (nSPS) is 13.2. The van der Waals surface area contributed by atoms with Crippen LogP contribution >= 0.6 is 0 Å². The summed E-state index contributed by atoms with van der Waals surface area (Å²) >= 11 is -1.80. The van der Waals surface area contributed by atoms with E-state index in [0.29, 0.717) is 0 Å². The molecule has 116 valence electrons. The molecule has 0 fully saturated rings. The minimum absolute atomic E-state index is 1.17. The Kier molecular flexibility index (Phi) is 6.61. The van der Waals surface area contributed by atoms with Gasteiger partial charge in [0.25, 0.3) is 0 Å². The standard InChI is InChI=1S/C16H33GeNOSi/c1-8-18(9-2)13-10-14-20(6,7)16-12-11-15(19-16)17(3,4)5/h11-12H,8-10,13-14H2,1-7H3. The zero-order valence-electron chi connectivity index (χ0n) is 14.5. The van der Waals surface area contributed by atoms with E-state index in [-0.39, 0.29) is 0 Å². The molecule has 0 aromatic carbocycles. The van der Waals surface area contributed by atoms with Crippen LogP contribution in [0.5, 0.6) is 0 Å². The van der Waals surface area contributed by atoms with Crippen molar-refractivity contribution in [2.45, 2.75) is 56.7 Å². The van der Waals surface area contributed by atoms with Crippen molar-refractivity contribution in [2.24, 2.45) is 0 Å². The van der Waals surface area contributed by atoms with E-state index in [1.807, 2.05) is 0 Å². The van der Waals surface area contributed by atoms with Gasteiger partial charge in [-0.15, -0.1) is 0 Å². The molecule has 0 saturated heterocycles. The Balaban J connectivity index is 2.62. The van der Waals surface area contributed by atoms with E-state index < -0.39 is 21.3 Å². The van der Waals surface area contributed by atoms with Gasteiger partial charge in [-0.25, -0.2) is 0 Å². The Hall–Kier alpha value is -0.000260. The van der Waals surface area contributed by atoms with Gasteiger partial charge in [-0.05, 0) is 0 Å². The molecule has 4 heteroatoms. The monoisotopic (exact) mass is 357 g/mol. The van der Waals surface area contributed by atoms with Crippen molar-refractivity contribution in [3.63, 3.8) is 0 Å². The molecule has 1 aromatic heterocycles. The number of furan rings is 1. The molecule has 2 nitrogen and oxygen atoms in total.